The number of hydrogen-bond donors (Lipinski definition) is 2. The fraction of sp³-hybridized carbons (Fsp3) is 0.125. The molecule has 0 saturated heterocycles. The second-order valence-corrected chi connectivity index (χ2v) is 6.90. The molecule has 0 unspecified atom stereocenters. The van der Waals surface area contributed by atoms with Crippen LogP contribution in [0, 0.1) is 12.7 Å². The Bertz CT molecular complexity index is 1170. The van der Waals surface area contributed by atoms with Crippen molar-refractivity contribution in [2.75, 3.05) is 7.11 Å². The number of nitrogens with one attached hydrogen (secondary N) is 1. The summed E-state index contributed by atoms with van der Waals surface area (Å²) in [6, 6.07) is 18.2. The molecule has 4 rings (SSSR count). The molecule has 0 amide bonds. The number of aromatic nitrogens is 2. The van der Waals surface area contributed by atoms with Gasteiger partial charge >= 0.3 is 0 Å². The van der Waals surface area contributed by atoms with Crippen molar-refractivity contribution < 1.29 is 23.7 Å². The van der Waals surface area contributed by atoms with Crippen LogP contribution < -0.4 is 14.2 Å². The number of benzene rings is 3. The van der Waals surface area contributed by atoms with Gasteiger partial charge in [0.2, 0.25) is 0 Å². The number of aromatic hydroxyl groups is 1. The molecule has 0 atom stereocenters. The Kier molecular flexibility index (Phi) is 5.75. The van der Waals surface area contributed by atoms with Crippen molar-refractivity contribution in [3.8, 4) is 40.0 Å². The molecule has 0 aliphatic heterocycles. The molecule has 7 heteroatoms. The standard InChI is InChI=1S/C24H21FN2O4/c1-15-24(31-19-9-7-18(29-2)8-10-19)23(27-26-15)21-12-11-20(13-22(21)28)30-14-16-3-5-17(25)6-4-16/h3-13,28H,14H2,1-2H3,(H,26,27). The zero-order chi connectivity index (χ0) is 21.8. The molecule has 0 aliphatic carbocycles. The lowest BCUT2D eigenvalue weighted by molar-refractivity contribution is 0.304. The SMILES string of the molecule is COc1ccc(Oc2c(-c3ccc(OCc4ccc(F)cc4)cc3O)n[nH]c2C)cc1. The number of methoxy groups -OCH3 is 1. The van der Waals surface area contributed by atoms with Gasteiger partial charge in [0.05, 0.1) is 12.8 Å². The summed E-state index contributed by atoms with van der Waals surface area (Å²) in [6.45, 7) is 2.10. The maximum atomic E-state index is 13.0. The first-order chi connectivity index (χ1) is 15.0. The van der Waals surface area contributed by atoms with E-state index in [2.05, 4.69) is 10.2 Å². The number of hydrogen-bond acceptors (Lipinski definition) is 5. The summed E-state index contributed by atoms with van der Waals surface area (Å²) >= 11 is 0. The highest BCUT2D eigenvalue weighted by Gasteiger charge is 2.18. The smallest absolute Gasteiger partial charge is 0.176 e. The Morgan fingerprint density at radius 3 is 2.29 bits per heavy atom. The maximum absolute atomic E-state index is 13.0. The number of aromatic amines is 1. The van der Waals surface area contributed by atoms with Crippen molar-refractivity contribution in [3.63, 3.8) is 0 Å². The fourth-order valence-corrected chi connectivity index (χ4v) is 3.04. The minimum Gasteiger partial charge on any atom is -0.507 e. The van der Waals surface area contributed by atoms with E-state index in [-0.39, 0.29) is 18.2 Å². The molecule has 1 heterocycles. The summed E-state index contributed by atoms with van der Waals surface area (Å²) in [5.74, 6) is 2.04. The molecule has 4 aromatic rings. The summed E-state index contributed by atoms with van der Waals surface area (Å²) in [7, 11) is 1.60. The third-order valence-electron chi connectivity index (χ3n) is 4.71. The first-order valence-corrected chi connectivity index (χ1v) is 9.61. The second-order valence-electron chi connectivity index (χ2n) is 6.90. The zero-order valence-corrected chi connectivity index (χ0v) is 17.1. The average Bonchev–Trinajstić information content (AvgIpc) is 3.14. The van der Waals surface area contributed by atoms with E-state index in [1.807, 2.05) is 6.92 Å². The van der Waals surface area contributed by atoms with Crippen molar-refractivity contribution in [2.24, 2.45) is 0 Å². The number of nitrogens with zero attached hydrogens (tertiary/aromatic N) is 1. The van der Waals surface area contributed by atoms with Crippen LogP contribution in [0.25, 0.3) is 11.3 Å². The van der Waals surface area contributed by atoms with E-state index in [0.717, 1.165) is 17.0 Å². The monoisotopic (exact) mass is 420 g/mol. The summed E-state index contributed by atoms with van der Waals surface area (Å²) in [5.41, 5.74) is 2.53. The summed E-state index contributed by atoms with van der Waals surface area (Å²) < 4.78 is 29.9. The van der Waals surface area contributed by atoms with Crippen LogP contribution in [0.5, 0.6) is 28.7 Å². The number of aryl methyl sites for hydroxylation is 1. The lowest BCUT2D eigenvalue weighted by atomic mass is 10.1. The normalized spacial score (nSPS) is 10.7. The summed E-state index contributed by atoms with van der Waals surface area (Å²) in [4.78, 5) is 0. The second kappa shape index (κ2) is 8.79. The highest BCUT2D eigenvalue weighted by molar-refractivity contribution is 5.74. The van der Waals surface area contributed by atoms with Crippen molar-refractivity contribution in [2.45, 2.75) is 13.5 Å². The van der Waals surface area contributed by atoms with Crippen molar-refractivity contribution in [3.05, 3.63) is 83.8 Å². The van der Waals surface area contributed by atoms with E-state index in [1.165, 1.54) is 18.2 Å². The van der Waals surface area contributed by atoms with Gasteiger partial charge in [-0.15, -0.1) is 0 Å². The van der Waals surface area contributed by atoms with Gasteiger partial charge < -0.3 is 19.3 Å². The van der Waals surface area contributed by atoms with Crippen LogP contribution in [0.4, 0.5) is 4.39 Å². The Labute approximate surface area is 178 Å². The lowest BCUT2D eigenvalue weighted by Gasteiger charge is -2.11. The first kappa shape index (κ1) is 20.3. The third-order valence-corrected chi connectivity index (χ3v) is 4.71. The van der Waals surface area contributed by atoms with Crippen molar-refractivity contribution >= 4 is 0 Å². The van der Waals surface area contributed by atoms with Gasteiger partial charge in [0, 0.05) is 11.6 Å². The molecule has 158 valence electrons. The molecule has 31 heavy (non-hydrogen) atoms. The van der Waals surface area contributed by atoms with Gasteiger partial charge in [-0.1, -0.05) is 12.1 Å². The van der Waals surface area contributed by atoms with Gasteiger partial charge in [-0.25, -0.2) is 4.39 Å². The van der Waals surface area contributed by atoms with E-state index in [1.54, 1.807) is 55.6 Å². The molecule has 0 saturated carbocycles. The molecule has 3 aromatic carbocycles. The van der Waals surface area contributed by atoms with Gasteiger partial charge in [0.1, 0.15) is 41.1 Å². The van der Waals surface area contributed by atoms with Crippen LogP contribution in [0.1, 0.15) is 11.3 Å². The third kappa shape index (κ3) is 4.61. The fourth-order valence-electron chi connectivity index (χ4n) is 3.04. The minimum absolute atomic E-state index is 0.00249. The molecule has 0 radical (unpaired) electrons. The molecule has 2 N–H and O–H groups in total. The summed E-state index contributed by atoms with van der Waals surface area (Å²) in [5, 5.41) is 17.8. The van der Waals surface area contributed by atoms with E-state index >= 15 is 0 Å². The van der Waals surface area contributed by atoms with Crippen LogP contribution in [-0.4, -0.2) is 22.4 Å². The largest absolute Gasteiger partial charge is 0.507 e. The molecular formula is C24H21FN2O4. The first-order valence-electron chi connectivity index (χ1n) is 9.61. The average molecular weight is 420 g/mol. The van der Waals surface area contributed by atoms with Crippen LogP contribution in [-0.2, 0) is 6.61 Å². The lowest BCUT2D eigenvalue weighted by Crippen LogP contribution is -1.96. The van der Waals surface area contributed by atoms with Crippen LogP contribution in [0.3, 0.4) is 0 Å². The topological polar surface area (TPSA) is 76.6 Å². The molecule has 0 aliphatic rings. The van der Waals surface area contributed by atoms with Crippen LogP contribution in [0.15, 0.2) is 66.7 Å². The Hall–Kier alpha value is -4.00. The van der Waals surface area contributed by atoms with Gasteiger partial charge in [-0.2, -0.15) is 5.10 Å². The maximum Gasteiger partial charge on any atom is 0.176 e. The number of phenolic OH excluding ortho intramolecular Hbond substituents is 1. The number of H-pyrrole nitrogens is 1. The molecule has 0 bridgehead atoms. The zero-order valence-electron chi connectivity index (χ0n) is 17.1. The van der Waals surface area contributed by atoms with Crippen molar-refractivity contribution in [1.29, 1.82) is 0 Å². The molecule has 0 spiro atoms. The van der Waals surface area contributed by atoms with Gasteiger partial charge in [0.15, 0.2) is 5.75 Å². The predicted molar refractivity (Wildman–Crippen MR) is 114 cm³/mol. The van der Waals surface area contributed by atoms with Gasteiger partial charge in [-0.05, 0) is 61.0 Å². The highest BCUT2D eigenvalue weighted by atomic mass is 19.1. The van der Waals surface area contributed by atoms with E-state index < -0.39 is 0 Å². The van der Waals surface area contributed by atoms with E-state index in [4.69, 9.17) is 14.2 Å². The van der Waals surface area contributed by atoms with E-state index in [0.29, 0.717) is 28.5 Å². The number of rotatable bonds is 7. The Morgan fingerprint density at radius 2 is 1.61 bits per heavy atom. The number of halogens is 1. The van der Waals surface area contributed by atoms with Crippen LogP contribution in [0.2, 0.25) is 0 Å². The Morgan fingerprint density at radius 1 is 0.935 bits per heavy atom. The molecule has 1 aromatic heterocycles. The molecular weight excluding hydrogens is 399 g/mol. The Balaban J connectivity index is 1.53. The minimum atomic E-state index is -0.298. The quantitative estimate of drug-likeness (QED) is 0.406. The van der Waals surface area contributed by atoms with Gasteiger partial charge in [0.25, 0.3) is 0 Å². The molecule has 6 nitrogen and oxygen atoms in total. The predicted octanol–water partition coefficient (Wildman–Crippen LogP) is 5.61. The van der Waals surface area contributed by atoms with Crippen molar-refractivity contribution in [1.82, 2.24) is 10.2 Å². The van der Waals surface area contributed by atoms with E-state index in [9.17, 15) is 9.50 Å². The number of ether oxygens (including phenoxy) is 3. The van der Waals surface area contributed by atoms with Gasteiger partial charge in [-0.3, -0.25) is 5.10 Å². The van der Waals surface area contributed by atoms with Crippen LogP contribution >= 0.6 is 0 Å². The highest BCUT2D eigenvalue weighted by Crippen LogP contribution is 2.40. The number of phenols is 1. The summed E-state index contributed by atoms with van der Waals surface area (Å²) in [6.07, 6.45) is 0. The molecule has 0 fully saturated rings.